The zero-order valence-electron chi connectivity index (χ0n) is 14.9. The normalized spacial score (nSPS) is 20.2. The molecule has 1 saturated heterocycles. The molecule has 1 heterocycles. The van der Waals surface area contributed by atoms with E-state index in [-0.39, 0.29) is 36.9 Å². The molecule has 3 rings (SSSR count). The van der Waals surface area contributed by atoms with E-state index < -0.39 is 5.54 Å². The summed E-state index contributed by atoms with van der Waals surface area (Å²) in [7, 11) is 0. The Balaban J connectivity index is 1.55. The van der Waals surface area contributed by atoms with Crippen LogP contribution in [0.4, 0.5) is 4.79 Å². The Kier molecular flexibility index (Phi) is 5.65. The molecule has 2 N–H and O–H groups in total. The number of amides is 4. The maximum atomic E-state index is 12.7. The molecule has 2 aliphatic rings. The summed E-state index contributed by atoms with van der Waals surface area (Å²) in [5.74, 6) is -0.354. The summed E-state index contributed by atoms with van der Waals surface area (Å²) in [6.45, 7) is 2.02. The fraction of sp³-hybridized carbons (Fsp3) is 0.526. The number of imide groups is 1. The van der Waals surface area contributed by atoms with Crippen molar-refractivity contribution in [1.82, 2.24) is 15.5 Å². The monoisotopic (exact) mass is 421 g/mol. The van der Waals surface area contributed by atoms with E-state index in [1.54, 1.807) is 0 Å². The molecule has 26 heavy (non-hydrogen) atoms. The van der Waals surface area contributed by atoms with Crippen molar-refractivity contribution >= 4 is 33.8 Å². The zero-order chi connectivity index (χ0) is 18.7. The average molecular weight is 422 g/mol. The number of carbonyl (C=O) groups is 3. The lowest BCUT2D eigenvalue weighted by molar-refractivity contribution is -0.132. The number of urea groups is 1. The highest BCUT2D eigenvalue weighted by atomic mass is 79.9. The van der Waals surface area contributed by atoms with Gasteiger partial charge in [-0.2, -0.15) is 0 Å². The largest absolute Gasteiger partial charge is 0.349 e. The Bertz CT molecular complexity index is 716. The summed E-state index contributed by atoms with van der Waals surface area (Å²) in [5, 5.41) is 5.79. The van der Waals surface area contributed by atoms with E-state index in [9.17, 15) is 14.4 Å². The van der Waals surface area contributed by atoms with E-state index in [0.29, 0.717) is 12.8 Å². The molecule has 1 aromatic rings. The van der Waals surface area contributed by atoms with Crippen molar-refractivity contribution in [3.05, 3.63) is 34.3 Å². The van der Waals surface area contributed by atoms with Gasteiger partial charge in [-0.1, -0.05) is 53.4 Å². The van der Waals surface area contributed by atoms with Gasteiger partial charge in [-0.3, -0.25) is 14.5 Å². The third-order valence-electron chi connectivity index (χ3n) is 5.26. The van der Waals surface area contributed by atoms with Gasteiger partial charge in [0.05, 0.1) is 6.04 Å². The lowest BCUT2D eigenvalue weighted by atomic mass is 9.82. The number of carbonyl (C=O) groups excluding carboxylic acids is 3. The molecule has 1 aromatic carbocycles. The molecule has 1 spiro atoms. The van der Waals surface area contributed by atoms with Crippen LogP contribution in [-0.2, 0) is 9.59 Å². The number of nitrogens with one attached hydrogen (secondary N) is 2. The van der Waals surface area contributed by atoms with E-state index >= 15 is 0 Å². The Morgan fingerprint density at radius 3 is 2.65 bits per heavy atom. The molecule has 6 nitrogen and oxygen atoms in total. The first kappa shape index (κ1) is 18.9. The summed E-state index contributed by atoms with van der Waals surface area (Å²) in [5.41, 5.74) is 0.255. The first-order chi connectivity index (χ1) is 12.4. The standard InChI is InChI=1S/C19H24BrN3O3/c1-13(14-7-3-4-8-15(14)20)21-16(24)9-12-23-17(25)19(22-18(23)26)10-5-2-6-11-19/h3-4,7-8,13H,2,5-6,9-12H2,1H3,(H,21,24)(H,22,26). The summed E-state index contributed by atoms with van der Waals surface area (Å²) >= 11 is 3.48. The van der Waals surface area contributed by atoms with Crippen molar-refractivity contribution in [2.45, 2.75) is 57.0 Å². The summed E-state index contributed by atoms with van der Waals surface area (Å²) < 4.78 is 0.932. The predicted octanol–water partition coefficient (Wildman–Crippen LogP) is 3.27. The second-order valence-electron chi connectivity index (χ2n) is 7.09. The third kappa shape index (κ3) is 3.77. The lowest BCUT2D eigenvalue weighted by Crippen LogP contribution is -2.48. The Labute approximate surface area is 161 Å². The van der Waals surface area contributed by atoms with Crippen LogP contribution in [0, 0.1) is 0 Å². The van der Waals surface area contributed by atoms with Gasteiger partial charge in [0.2, 0.25) is 5.91 Å². The summed E-state index contributed by atoms with van der Waals surface area (Å²) in [6, 6.07) is 7.17. The van der Waals surface area contributed by atoms with Crippen LogP contribution in [0.15, 0.2) is 28.7 Å². The maximum Gasteiger partial charge on any atom is 0.325 e. The molecule has 1 unspecified atom stereocenters. The highest BCUT2D eigenvalue weighted by Gasteiger charge is 2.51. The maximum absolute atomic E-state index is 12.7. The highest BCUT2D eigenvalue weighted by Crippen LogP contribution is 2.33. The molecule has 0 radical (unpaired) electrons. The van der Waals surface area contributed by atoms with Crippen LogP contribution < -0.4 is 10.6 Å². The van der Waals surface area contributed by atoms with Crippen LogP contribution in [0.3, 0.4) is 0 Å². The van der Waals surface area contributed by atoms with Crippen LogP contribution in [-0.4, -0.2) is 34.8 Å². The Hall–Kier alpha value is -1.89. The molecule has 2 fully saturated rings. The van der Waals surface area contributed by atoms with Gasteiger partial charge in [0.25, 0.3) is 5.91 Å². The lowest BCUT2D eigenvalue weighted by Gasteiger charge is -2.30. The SMILES string of the molecule is CC(NC(=O)CCN1C(=O)NC2(CCCCC2)C1=O)c1ccccc1Br. The molecule has 0 bridgehead atoms. The van der Waals surface area contributed by atoms with Crippen molar-refractivity contribution in [2.75, 3.05) is 6.54 Å². The number of hydrogen-bond acceptors (Lipinski definition) is 3. The average Bonchev–Trinajstić information content (AvgIpc) is 2.84. The fourth-order valence-electron chi connectivity index (χ4n) is 3.80. The minimum absolute atomic E-state index is 0.101. The number of hydrogen-bond donors (Lipinski definition) is 2. The zero-order valence-corrected chi connectivity index (χ0v) is 16.5. The quantitative estimate of drug-likeness (QED) is 0.715. The van der Waals surface area contributed by atoms with Gasteiger partial charge in [-0.15, -0.1) is 0 Å². The first-order valence-corrected chi connectivity index (χ1v) is 9.90. The second kappa shape index (κ2) is 7.78. The van der Waals surface area contributed by atoms with Gasteiger partial charge in [-0.25, -0.2) is 4.79 Å². The second-order valence-corrected chi connectivity index (χ2v) is 7.94. The Morgan fingerprint density at radius 2 is 1.96 bits per heavy atom. The van der Waals surface area contributed by atoms with Crippen LogP contribution >= 0.6 is 15.9 Å². The third-order valence-corrected chi connectivity index (χ3v) is 5.99. The van der Waals surface area contributed by atoms with Gasteiger partial charge in [0.1, 0.15) is 5.54 Å². The first-order valence-electron chi connectivity index (χ1n) is 9.11. The van der Waals surface area contributed by atoms with Crippen LogP contribution in [0.2, 0.25) is 0 Å². The van der Waals surface area contributed by atoms with Crippen LogP contribution in [0.25, 0.3) is 0 Å². The van der Waals surface area contributed by atoms with Crippen molar-refractivity contribution in [1.29, 1.82) is 0 Å². The van der Waals surface area contributed by atoms with Gasteiger partial charge in [-0.05, 0) is 31.4 Å². The molecule has 140 valence electrons. The van der Waals surface area contributed by atoms with Crippen LogP contribution in [0.1, 0.15) is 57.1 Å². The highest BCUT2D eigenvalue weighted by molar-refractivity contribution is 9.10. The van der Waals surface area contributed by atoms with Crippen molar-refractivity contribution < 1.29 is 14.4 Å². The molecule has 1 saturated carbocycles. The van der Waals surface area contributed by atoms with E-state index in [2.05, 4.69) is 26.6 Å². The minimum atomic E-state index is -0.728. The number of benzene rings is 1. The Morgan fingerprint density at radius 1 is 1.27 bits per heavy atom. The van der Waals surface area contributed by atoms with Crippen molar-refractivity contribution in [2.24, 2.45) is 0 Å². The summed E-state index contributed by atoms with van der Waals surface area (Å²) in [6.07, 6.45) is 4.48. The topological polar surface area (TPSA) is 78.5 Å². The van der Waals surface area contributed by atoms with Gasteiger partial charge in [0, 0.05) is 17.4 Å². The predicted molar refractivity (Wildman–Crippen MR) is 101 cm³/mol. The van der Waals surface area contributed by atoms with Crippen molar-refractivity contribution in [3.63, 3.8) is 0 Å². The molecule has 1 atom stereocenters. The van der Waals surface area contributed by atoms with Crippen LogP contribution in [0.5, 0.6) is 0 Å². The van der Waals surface area contributed by atoms with E-state index in [4.69, 9.17) is 0 Å². The van der Waals surface area contributed by atoms with Gasteiger partial charge >= 0.3 is 6.03 Å². The summed E-state index contributed by atoms with van der Waals surface area (Å²) in [4.78, 5) is 38.4. The fourth-order valence-corrected chi connectivity index (χ4v) is 4.43. The smallest absolute Gasteiger partial charge is 0.325 e. The minimum Gasteiger partial charge on any atom is -0.349 e. The van der Waals surface area contributed by atoms with Gasteiger partial charge < -0.3 is 10.6 Å². The number of nitrogens with zero attached hydrogens (tertiary/aromatic N) is 1. The van der Waals surface area contributed by atoms with Gasteiger partial charge in [0.15, 0.2) is 0 Å². The molecule has 0 aromatic heterocycles. The molecular weight excluding hydrogens is 398 g/mol. The molecule has 4 amide bonds. The molecular formula is C19H24BrN3O3. The van der Waals surface area contributed by atoms with E-state index in [0.717, 1.165) is 29.3 Å². The van der Waals surface area contributed by atoms with Crippen molar-refractivity contribution in [3.8, 4) is 0 Å². The molecule has 1 aliphatic carbocycles. The van der Waals surface area contributed by atoms with E-state index in [1.165, 1.54) is 4.90 Å². The number of halogens is 1. The molecule has 7 heteroatoms. The number of rotatable bonds is 5. The van der Waals surface area contributed by atoms with E-state index in [1.807, 2.05) is 31.2 Å². The molecule has 1 aliphatic heterocycles.